The maximum absolute atomic E-state index is 13.0. The molecule has 0 spiro atoms. The van der Waals surface area contributed by atoms with Gasteiger partial charge in [0.05, 0.1) is 22.0 Å². The first-order chi connectivity index (χ1) is 16.9. The van der Waals surface area contributed by atoms with E-state index in [0.717, 1.165) is 19.3 Å². The third-order valence-corrected chi connectivity index (χ3v) is 6.31. The first kappa shape index (κ1) is 24.4. The van der Waals surface area contributed by atoms with Crippen molar-refractivity contribution in [3.05, 3.63) is 69.6 Å². The first-order valence-electron chi connectivity index (χ1n) is 11.6. The van der Waals surface area contributed by atoms with E-state index in [2.05, 4.69) is 22.9 Å². The van der Waals surface area contributed by atoms with Crippen molar-refractivity contribution in [2.45, 2.75) is 39.2 Å². The van der Waals surface area contributed by atoms with Crippen LogP contribution in [0.2, 0.25) is 5.02 Å². The number of unbranched alkanes of at least 4 members (excludes halogenated alkanes) is 2. The molecule has 0 saturated carbocycles. The molecule has 1 aliphatic rings. The lowest BCUT2D eigenvalue weighted by atomic mass is 10.1. The molecule has 2 aromatic carbocycles. The molecular weight excluding hydrogens is 470 g/mol. The molecule has 10 heteroatoms. The van der Waals surface area contributed by atoms with Gasteiger partial charge in [-0.2, -0.15) is 5.10 Å². The van der Waals surface area contributed by atoms with Gasteiger partial charge in [0.2, 0.25) is 11.8 Å². The fourth-order valence-electron chi connectivity index (χ4n) is 4.13. The molecule has 1 fully saturated rings. The van der Waals surface area contributed by atoms with Gasteiger partial charge in [0, 0.05) is 24.9 Å². The summed E-state index contributed by atoms with van der Waals surface area (Å²) in [7, 11) is 0. The van der Waals surface area contributed by atoms with Crippen molar-refractivity contribution in [3.8, 4) is 0 Å². The van der Waals surface area contributed by atoms with Crippen LogP contribution in [-0.2, 0) is 16.1 Å². The first-order valence-corrected chi connectivity index (χ1v) is 11.9. The summed E-state index contributed by atoms with van der Waals surface area (Å²) in [5, 5.41) is 5.49. The number of carbonyl (C=O) groups excluding carboxylic acids is 3. The van der Waals surface area contributed by atoms with E-state index in [-0.39, 0.29) is 30.1 Å². The van der Waals surface area contributed by atoms with Crippen LogP contribution in [0.5, 0.6) is 0 Å². The van der Waals surface area contributed by atoms with Gasteiger partial charge in [-0.3, -0.25) is 30.0 Å². The molecule has 2 heterocycles. The molecular formula is C25H26ClN5O4. The number of para-hydroxylation sites is 1. The Labute approximate surface area is 207 Å². The van der Waals surface area contributed by atoms with Crippen LogP contribution in [0.3, 0.4) is 0 Å². The molecule has 9 nitrogen and oxygen atoms in total. The van der Waals surface area contributed by atoms with Crippen LogP contribution in [0.25, 0.3) is 10.8 Å². The maximum atomic E-state index is 13.0. The standard InChI is InChI=1S/C25H26ClN5O4/c1-2-3-8-13-31-25(35)18-10-5-4-9-17(18)22(29-31)24(34)28-27-23(33)16-14-21(32)30(15-16)20-12-7-6-11-19(20)26/h4-7,9-12,16H,2-3,8,13-15H2,1H3,(H,27,33)(H,28,34)/t16-/m0/s1. The van der Waals surface area contributed by atoms with Crippen molar-refractivity contribution in [3.63, 3.8) is 0 Å². The summed E-state index contributed by atoms with van der Waals surface area (Å²) in [5.41, 5.74) is 5.11. The summed E-state index contributed by atoms with van der Waals surface area (Å²) in [4.78, 5) is 52.4. The van der Waals surface area contributed by atoms with Crippen LogP contribution in [0.4, 0.5) is 5.69 Å². The Hall–Kier alpha value is -3.72. The van der Waals surface area contributed by atoms with Crippen molar-refractivity contribution in [2.75, 3.05) is 11.4 Å². The highest BCUT2D eigenvalue weighted by molar-refractivity contribution is 6.33. The van der Waals surface area contributed by atoms with Gasteiger partial charge in [-0.05, 0) is 24.6 Å². The monoisotopic (exact) mass is 495 g/mol. The van der Waals surface area contributed by atoms with E-state index < -0.39 is 17.7 Å². The highest BCUT2D eigenvalue weighted by Crippen LogP contribution is 2.31. The highest BCUT2D eigenvalue weighted by Gasteiger charge is 2.36. The maximum Gasteiger partial charge on any atom is 0.290 e. The van der Waals surface area contributed by atoms with Gasteiger partial charge in [-0.1, -0.05) is 61.7 Å². The van der Waals surface area contributed by atoms with Gasteiger partial charge in [0.15, 0.2) is 5.69 Å². The fraction of sp³-hybridized carbons (Fsp3) is 0.320. The Kier molecular flexibility index (Phi) is 7.45. The number of hydrogen-bond acceptors (Lipinski definition) is 5. The van der Waals surface area contributed by atoms with E-state index >= 15 is 0 Å². The van der Waals surface area contributed by atoms with Gasteiger partial charge < -0.3 is 4.90 Å². The van der Waals surface area contributed by atoms with Gasteiger partial charge in [-0.15, -0.1) is 0 Å². The number of aromatic nitrogens is 2. The van der Waals surface area contributed by atoms with E-state index in [1.807, 2.05) is 0 Å². The number of fused-ring (bicyclic) bond motifs is 1. The zero-order valence-electron chi connectivity index (χ0n) is 19.3. The Morgan fingerprint density at radius 2 is 1.74 bits per heavy atom. The van der Waals surface area contributed by atoms with Crippen LogP contribution in [0, 0.1) is 5.92 Å². The van der Waals surface area contributed by atoms with Crippen LogP contribution < -0.4 is 21.3 Å². The number of benzene rings is 2. The summed E-state index contributed by atoms with van der Waals surface area (Å²) in [5.74, 6) is -2.03. The van der Waals surface area contributed by atoms with Gasteiger partial charge in [0.25, 0.3) is 11.5 Å². The van der Waals surface area contributed by atoms with Gasteiger partial charge >= 0.3 is 0 Å². The van der Waals surface area contributed by atoms with Crippen LogP contribution in [0.15, 0.2) is 53.3 Å². The number of anilines is 1. The molecule has 0 radical (unpaired) electrons. The number of hydrogen-bond donors (Lipinski definition) is 2. The molecule has 35 heavy (non-hydrogen) atoms. The molecule has 0 unspecified atom stereocenters. The number of hydrazine groups is 1. The quantitative estimate of drug-likeness (QED) is 0.386. The zero-order chi connectivity index (χ0) is 24.9. The summed E-state index contributed by atoms with van der Waals surface area (Å²) in [6.45, 7) is 2.60. The number of aryl methyl sites for hydroxylation is 1. The molecule has 4 rings (SSSR count). The van der Waals surface area contributed by atoms with Crippen LogP contribution in [0.1, 0.15) is 43.1 Å². The third kappa shape index (κ3) is 5.19. The molecule has 1 saturated heterocycles. The average molecular weight is 496 g/mol. The molecule has 1 aromatic heterocycles. The largest absolute Gasteiger partial charge is 0.310 e. The second kappa shape index (κ2) is 10.7. The van der Waals surface area contributed by atoms with E-state index in [1.165, 1.54) is 9.58 Å². The molecule has 3 amide bonds. The van der Waals surface area contributed by atoms with Crippen molar-refractivity contribution >= 4 is 45.8 Å². The molecule has 1 atom stereocenters. The van der Waals surface area contributed by atoms with E-state index in [9.17, 15) is 19.2 Å². The smallest absolute Gasteiger partial charge is 0.290 e. The number of nitrogens with one attached hydrogen (secondary N) is 2. The SMILES string of the molecule is CCCCCn1nc(C(=O)NNC(=O)[C@H]2CC(=O)N(c3ccccc3Cl)C2)c2ccccc2c1=O. The molecule has 1 aliphatic heterocycles. The van der Waals surface area contributed by atoms with Gasteiger partial charge in [-0.25, -0.2) is 4.68 Å². The number of nitrogens with zero attached hydrogens (tertiary/aromatic N) is 3. The van der Waals surface area contributed by atoms with Crippen molar-refractivity contribution in [1.82, 2.24) is 20.6 Å². The molecule has 0 bridgehead atoms. The van der Waals surface area contributed by atoms with E-state index in [4.69, 9.17) is 11.6 Å². The van der Waals surface area contributed by atoms with Crippen LogP contribution in [-0.4, -0.2) is 34.0 Å². The predicted molar refractivity (Wildman–Crippen MR) is 133 cm³/mol. The van der Waals surface area contributed by atoms with Gasteiger partial charge in [0.1, 0.15) is 0 Å². The summed E-state index contributed by atoms with van der Waals surface area (Å²) in [6, 6.07) is 13.7. The molecule has 3 aromatic rings. The lowest BCUT2D eigenvalue weighted by molar-refractivity contribution is -0.126. The predicted octanol–water partition coefficient (Wildman–Crippen LogP) is 3.05. The average Bonchev–Trinajstić information content (AvgIpc) is 3.25. The topological polar surface area (TPSA) is 113 Å². The summed E-state index contributed by atoms with van der Waals surface area (Å²) >= 11 is 6.20. The Balaban J connectivity index is 1.47. The fourth-order valence-corrected chi connectivity index (χ4v) is 4.37. The Morgan fingerprint density at radius 1 is 1.03 bits per heavy atom. The summed E-state index contributed by atoms with van der Waals surface area (Å²) in [6.07, 6.45) is 2.68. The Bertz CT molecular complexity index is 1340. The number of carbonyl (C=O) groups is 3. The zero-order valence-corrected chi connectivity index (χ0v) is 20.0. The molecule has 182 valence electrons. The minimum Gasteiger partial charge on any atom is -0.310 e. The van der Waals surface area contributed by atoms with Crippen LogP contribution >= 0.6 is 11.6 Å². The highest BCUT2D eigenvalue weighted by atomic mass is 35.5. The Morgan fingerprint density at radius 3 is 2.49 bits per heavy atom. The number of amides is 3. The van der Waals surface area contributed by atoms with Crippen molar-refractivity contribution in [1.29, 1.82) is 0 Å². The number of halogens is 1. The minimum atomic E-state index is -0.660. The number of rotatable bonds is 7. The lowest BCUT2D eigenvalue weighted by Crippen LogP contribution is -2.46. The van der Waals surface area contributed by atoms with Crippen molar-refractivity contribution in [2.24, 2.45) is 5.92 Å². The van der Waals surface area contributed by atoms with E-state index in [1.54, 1.807) is 48.5 Å². The second-order valence-electron chi connectivity index (χ2n) is 8.43. The van der Waals surface area contributed by atoms with E-state index in [0.29, 0.717) is 28.0 Å². The second-order valence-corrected chi connectivity index (χ2v) is 8.84. The summed E-state index contributed by atoms with van der Waals surface area (Å²) < 4.78 is 1.30. The minimum absolute atomic E-state index is 0.00356. The third-order valence-electron chi connectivity index (χ3n) is 5.99. The normalized spacial score (nSPS) is 15.4. The molecule has 2 N–H and O–H groups in total. The van der Waals surface area contributed by atoms with Crippen molar-refractivity contribution < 1.29 is 14.4 Å². The molecule has 0 aliphatic carbocycles. The lowest BCUT2D eigenvalue weighted by Gasteiger charge is -2.18.